The number of aromatic nitrogens is 3. The van der Waals surface area contributed by atoms with E-state index >= 15 is 0 Å². The second kappa shape index (κ2) is 5.31. The van der Waals surface area contributed by atoms with Crippen LogP contribution in [-0.2, 0) is 13.0 Å². The van der Waals surface area contributed by atoms with Crippen molar-refractivity contribution in [3.8, 4) is 0 Å². The van der Waals surface area contributed by atoms with Gasteiger partial charge in [-0.25, -0.2) is 9.67 Å². The minimum atomic E-state index is 0.0254. The number of nitrogens with zero attached hydrogens (tertiary/aromatic N) is 3. The van der Waals surface area contributed by atoms with Crippen LogP contribution < -0.4 is 0 Å². The Hall–Kier alpha value is -1.68. The first-order valence-corrected chi connectivity index (χ1v) is 6.15. The van der Waals surface area contributed by atoms with Gasteiger partial charge in [0.25, 0.3) is 0 Å². The Morgan fingerprint density at radius 1 is 1.44 bits per heavy atom. The lowest BCUT2D eigenvalue weighted by atomic mass is 10.1. The zero-order chi connectivity index (χ0) is 13.1. The summed E-state index contributed by atoms with van der Waals surface area (Å²) in [7, 11) is 0. The summed E-state index contributed by atoms with van der Waals surface area (Å²) in [6.45, 7) is 4.56. The normalized spacial score (nSPS) is 10.6. The average molecular weight is 264 g/mol. The zero-order valence-corrected chi connectivity index (χ0v) is 11.1. The molecule has 0 aliphatic rings. The molecule has 18 heavy (non-hydrogen) atoms. The van der Waals surface area contributed by atoms with E-state index in [9.17, 15) is 4.79 Å². The van der Waals surface area contributed by atoms with Crippen molar-refractivity contribution in [3.05, 3.63) is 46.5 Å². The molecule has 2 rings (SSSR count). The molecule has 5 heteroatoms. The summed E-state index contributed by atoms with van der Waals surface area (Å²) >= 11 is 5.94. The maximum atomic E-state index is 12.1. The number of carbonyl (C=O) groups is 1. The molecule has 0 N–H and O–H groups in total. The summed E-state index contributed by atoms with van der Waals surface area (Å²) < 4.78 is 1.72. The van der Waals surface area contributed by atoms with Gasteiger partial charge in [0.15, 0.2) is 5.78 Å². The summed E-state index contributed by atoms with van der Waals surface area (Å²) in [4.78, 5) is 16.2. The van der Waals surface area contributed by atoms with E-state index in [1.165, 1.54) is 6.33 Å². The van der Waals surface area contributed by atoms with Crippen molar-refractivity contribution in [2.75, 3.05) is 0 Å². The molecule has 1 aromatic carbocycles. The van der Waals surface area contributed by atoms with Crippen LogP contribution in [0.2, 0.25) is 5.02 Å². The number of benzene rings is 1. The monoisotopic (exact) mass is 263 g/mol. The highest BCUT2D eigenvalue weighted by molar-refractivity contribution is 6.31. The van der Waals surface area contributed by atoms with Crippen molar-refractivity contribution in [1.29, 1.82) is 0 Å². The highest BCUT2D eigenvalue weighted by atomic mass is 35.5. The number of hydrogen-bond acceptors (Lipinski definition) is 3. The molecule has 0 saturated carbocycles. The minimum absolute atomic E-state index is 0.0254. The smallest absolute Gasteiger partial charge is 0.170 e. The fourth-order valence-corrected chi connectivity index (χ4v) is 1.87. The van der Waals surface area contributed by atoms with E-state index < -0.39 is 0 Å². The number of halogens is 1. The van der Waals surface area contributed by atoms with Gasteiger partial charge >= 0.3 is 0 Å². The van der Waals surface area contributed by atoms with E-state index in [1.54, 1.807) is 22.9 Å². The zero-order valence-electron chi connectivity index (χ0n) is 10.4. The lowest BCUT2D eigenvalue weighted by Crippen LogP contribution is -2.11. The second-order valence-corrected chi connectivity index (χ2v) is 4.46. The van der Waals surface area contributed by atoms with Gasteiger partial charge < -0.3 is 0 Å². The fraction of sp³-hybridized carbons (Fsp3) is 0.308. The molecule has 0 radical (unpaired) electrons. The van der Waals surface area contributed by atoms with Crippen LogP contribution in [0.5, 0.6) is 0 Å². The van der Waals surface area contributed by atoms with Gasteiger partial charge in [0.1, 0.15) is 12.2 Å². The molecule has 0 aliphatic heterocycles. The van der Waals surface area contributed by atoms with Crippen molar-refractivity contribution in [1.82, 2.24) is 14.8 Å². The first-order valence-electron chi connectivity index (χ1n) is 5.78. The molecule has 0 bridgehead atoms. The van der Waals surface area contributed by atoms with Crippen LogP contribution in [-0.4, -0.2) is 20.5 Å². The fourth-order valence-electron chi connectivity index (χ4n) is 1.75. The predicted molar refractivity (Wildman–Crippen MR) is 69.9 cm³/mol. The Balaban J connectivity index is 2.19. The molecule has 0 fully saturated rings. The third-order valence-corrected chi connectivity index (χ3v) is 3.22. The van der Waals surface area contributed by atoms with Crippen molar-refractivity contribution in [2.45, 2.75) is 26.8 Å². The van der Waals surface area contributed by atoms with Crippen LogP contribution in [0.25, 0.3) is 0 Å². The molecular weight excluding hydrogens is 250 g/mol. The molecule has 1 heterocycles. The van der Waals surface area contributed by atoms with Gasteiger partial charge in [0, 0.05) is 17.1 Å². The van der Waals surface area contributed by atoms with Crippen molar-refractivity contribution < 1.29 is 4.79 Å². The summed E-state index contributed by atoms with van der Waals surface area (Å²) in [5.74, 6) is 0.715. The lowest BCUT2D eigenvalue weighted by Gasteiger charge is -2.04. The van der Waals surface area contributed by atoms with E-state index in [4.69, 9.17) is 11.6 Å². The number of hydrogen-bond donors (Lipinski definition) is 0. The van der Waals surface area contributed by atoms with Gasteiger partial charge in [0.2, 0.25) is 0 Å². The Labute approximate surface area is 111 Å². The molecule has 2 aromatic rings. The van der Waals surface area contributed by atoms with Crippen LogP contribution >= 0.6 is 11.6 Å². The van der Waals surface area contributed by atoms with E-state index in [2.05, 4.69) is 10.1 Å². The Kier molecular flexibility index (Phi) is 3.77. The molecule has 0 saturated heterocycles. The number of carbonyl (C=O) groups excluding carboxylic acids is 1. The topological polar surface area (TPSA) is 47.8 Å². The number of Topliss-reactive ketones (excluding diaryl/α,β-unsaturated/α-hetero) is 1. The number of aryl methyl sites for hydroxylation is 2. The molecule has 0 aliphatic carbocycles. The largest absolute Gasteiger partial charge is 0.294 e. The Morgan fingerprint density at radius 2 is 2.22 bits per heavy atom. The highest BCUT2D eigenvalue weighted by Crippen LogP contribution is 2.17. The van der Waals surface area contributed by atoms with Gasteiger partial charge in [-0.05, 0) is 37.6 Å². The van der Waals surface area contributed by atoms with Gasteiger partial charge in [-0.2, -0.15) is 5.10 Å². The van der Waals surface area contributed by atoms with Crippen LogP contribution in [0.15, 0.2) is 24.5 Å². The third kappa shape index (κ3) is 2.59. The van der Waals surface area contributed by atoms with Gasteiger partial charge in [-0.15, -0.1) is 0 Å². The Morgan fingerprint density at radius 3 is 2.89 bits per heavy atom. The molecule has 0 atom stereocenters. The molecule has 94 valence electrons. The first kappa shape index (κ1) is 12.8. The van der Waals surface area contributed by atoms with E-state index in [1.807, 2.05) is 13.8 Å². The van der Waals surface area contributed by atoms with Gasteiger partial charge in [0.05, 0.1) is 6.42 Å². The highest BCUT2D eigenvalue weighted by Gasteiger charge is 2.12. The predicted octanol–water partition coefficient (Wildman–Crippen LogP) is 2.69. The standard InChI is InChI=1S/C13H14ClN3O/c1-3-17-13(15-8-16-17)7-12(18)10-4-5-11(14)9(2)6-10/h4-6,8H,3,7H2,1-2H3. The van der Waals surface area contributed by atoms with Crippen molar-refractivity contribution >= 4 is 17.4 Å². The van der Waals surface area contributed by atoms with Gasteiger partial charge in [-0.3, -0.25) is 4.79 Å². The number of rotatable bonds is 4. The van der Waals surface area contributed by atoms with Crippen molar-refractivity contribution in [2.24, 2.45) is 0 Å². The molecule has 0 unspecified atom stereocenters. The quantitative estimate of drug-likeness (QED) is 0.797. The average Bonchev–Trinajstić information content (AvgIpc) is 2.79. The van der Waals surface area contributed by atoms with Gasteiger partial charge in [-0.1, -0.05) is 11.6 Å². The minimum Gasteiger partial charge on any atom is -0.294 e. The molecular formula is C13H14ClN3O. The second-order valence-electron chi connectivity index (χ2n) is 4.06. The lowest BCUT2D eigenvalue weighted by molar-refractivity contribution is 0.0989. The van der Waals surface area contributed by atoms with Crippen LogP contribution in [0.3, 0.4) is 0 Å². The Bertz CT molecular complexity index is 577. The maximum Gasteiger partial charge on any atom is 0.170 e. The number of ketones is 1. The molecule has 4 nitrogen and oxygen atoms in total. The van der Waals surface area contributed by atoms with Crippen LogP contribution in [0.1, 0.15) is 28.7 Å². The van der Waals surface area contributed by atoms with E-state index in [0.29, 0.717) is 23.0 Å². The SMILES string of the molecule is CCn1ncnc1CC(=O)c1ccc(Cl)c(C)c1. The van der Waals surface area contributed by atoms with Crippen LogP contribution in [0, 0.1) is 6.92 Å². The third-order valence-electron chi connectivity index (χ3n) is 2.79. The summed E-state index contributed by atoms with van der Waals surface area (Å²) in [5, 5.41) is 4.71. The maximum absolute atomic E-state index is 12.1. The molecule has 0 spiro atoms. The van der Waals surface area contributed by atoms with Crippen LogP contribution in [0.4, 0.5) is 0 Å². The van der Waals surface area contributed by atoms with Crippen molar-refractivity contribution in [3.63, 3.8) is 0 Å². The molecule has 1 aromatic heterocycles. The first-order chi connectivity index (χ1) is 8.61. The summed E-state index contributed by atoms with van der Waals surface area (Å²) in [5.41, 5.74) is 1.56. The van der Waals surface area contributed by atoms with E-state index in [-0.39, 0.29) is 12.2 Å². The van der Waals surface area contributed by atoms with E-state index in [0.717, 1.165) is 5.56 Å². The summed E-state index contributed by atoms with van der Waals surface area (Å²) in [6.07, 6.45) is 1.73. The summed E-state index contributed by atoms with van der Waals surface area (Å²) in [6, 6.07) is 5.29. The molecule has 0 amide bonds.